The fourth-order valence-corrected chi connectivity index (χ4v) is 3.67. The van der Waals surface area contributed by atoms with Crippen LogP contribution < -0.4 is 4.74 Å². The maximum atomic E-state index is 6.14. The van der Waals surface area contributed by atoms with Gasteiger partial charge in [-0.1, -0.05) is 41.3 Å². The standard InChI is InChI=1S/C24H23N3O/c1-17-14-19(9-8-18-6-7-18)10-13-22(17)23-16-27(26-25-23)15-21-12-11-20-4-2-3-5-24(20)28-21/h2-5,10,13-14,16,18,21H,6-7,11-12,15H2,1H3/t21-/m1/s1. The van der Waals surface area contributed by atoms with E-state index in [-0.39, 0.29) is 6.10 Å². The van der Waals surface area contributed by atoms with E-state index in [1.54, 1.807) is 0 Å². The number of aromatic nitrogens is 3. The first-order chi connectivity index (χ1) is 13.7. The summed E-state index contributed by atoms with van der Waals surface area (Å²) in [6, 6.07) is 14.6. The fraction of sp³-hybridized carbons (Fsp3) is 0.333. The van der Waals surface area contributed by atoms with Crippen LogP contribution in [0.3, 0.4) is 0 Å². The Hall–Kier alpha value is -3.06. The number of hydrogen-bond donors (Lipinski definition) is 0. The van der Waals surface area contributed by atoms with Crippen molar-refractivity contribution >= 4 is 0 Å². The van der Waals surface area contributed by atoms with Crippen molar-refractivity contribution in [1.29, 1.82) is 0 Å². The molecular weight excluding hydrogens is 346 g/mol. The van der Waals surface area contributed by atoms with Gasteiger partial charge in [0.25, 0.3) is 0 Å². The highest BCUT2D eigenvalue weighted by Gasteiger charge is 2.20. The van der Waals surface area contributed by atoms with E-state index in [1.165, 1.54) is 24.0 Å². The summed E-state index contributed by atoms with van der Waals surface area (Å²) in [4.78, 5) is 0. The molecule has 2 heterocycles. The largest absolute Gasteiger partial charge is 0.488 e. The van der Waals surface area contributed by atoms with Crippen molar-refractivity contribution in [3.8, 4) is 28.8 Å². The molecule has 140 valence electrons. The normalized spacial score (nSPS) is 18.0. The Kier molecular flexibility index (Phi) is 4.37. The summed E-state index contributed by atoms with van der Waals surface area (Å²) in [6.45, 7) is 2.82. The summed E-state index contributed by atoms with van der Waals surface area (Å²) in [6.07, 6.45) is 6.70. The zero-order valence-corrected chi connectivity index (χ0v) is 16.1. The number of benzene rings is 2. The van der Waals surface area contributed by atoms with E-state index < -0.39 is 0 Å². The first-order valence-electron chi connectivity index (χ1n) is 10.0. The van der Waals surface area contributed by atoms with E-state index >= 15 is 0 Å². The molecule has 1 aromatic heterocycles. The SMILES string of the molecule is Cc1cc(C#CC2CC2)ccc1-c1cn(C[C@H]2CCc3ccccc3O2)nn1. The molecule has 0 saturated heterocycles. The summed E-state index contributed by atoms with van der Waals surface area (Å²) in [5, 5.41) is 8.73. The maximum Gasteiger partial charge on any atom is 0.123 e. The topological polar surface area (TPSA) is 39.9 Å². The van der Waals surface area contributed by atoms with Crippen LogP contribution in [0.4, 0.5) is 0 Å². The lowest BCUT2D eigenvalue weighted by Gasteiger charge is -2.25. The second-order valence-corrected chi connectivity index (χ2v) is 7.79. The molecule has 4 nitrogen and oxygen atoms in total. The second kappa shape index (κ2) is 7.16. The molecule has 1 aliphatic carbocycles. The smallest absolute Gasteiger partial charge is 0.123 e. The number of fused-ring (bicyclic) bond motifs is 1. The zero-order valence-electron chi connectivity index (χ0n) is 16.1. The van der Waals surface area contributed by atoms with Gasteiger partial charge in [-0.05, 0) is 61.9 Å². The number of hydrogen-bond acceptors (Lipinski definition) is 3. The Morgan fingerprint density at radius 1 is 1.14 bits per heavy atom. The van der Waals surface area contributed by atoms with Gasteiger partial charge in [0.05, 0.1) is 12.7 Å². The summed E-state index contributed by atoms with van der Waals surface area (Å²) in [7, 11) is 0. The van der Waals surface area contributed by atoms with Gasteiger partial charge in [-0.15, -0.1) is 5.10 Å². The van der Waals surface area contributed by atoms with Crippen molar-refractivity contribution in [2.24, 2.45) is 5.92 Å². The Labute approximate surface area is 165 Å². The average molecular weight is 369 g/mol. The molecule has 1 fully saturated rings. The molecule has 3 aromatic rings. The Bertz CT molecular complexity index is 1070. The fourth-order valence-electron chi connectivity index (χ4n) is 3.67. The molecule has 2 aromatic carbocycles. The summed E-state index contributed by atoms with van der Waals surface area (Å²) < 4.78 is 8.03. The zero-order chi connectivity index (χ0) is 18.9. The lowest BCUT2D eigenvalue weighted by Crippen LogP contribution is -2.27. The van der Waals surface area contributed by atoms with Gasteiger partial charge < -0.3 is 4.74 Å². The quantitative estimate of drug-likeness (QED) is 0.642. The van der Waals surface area contributed by atoms with Crippen LogP contribution in [0.2, 0.25) is 0 Å². The highest BCUT2D eigenvalue weighted by Crippen LogP contribution is 2.29. The first-order valence-corrected chi connectivity index (χ1v) is 10.0. The van der Waals surface area contributed by atoms with Gasteiger partial charge in [-0.2, -0.15) is 0 Å². The van der Waals surface area contributed by atoms with Gasteiger partial charge >= 0.3 is 0 Å². The van der Waals surface area contributed by atoms with E-state index in [1.807, 2.05) is 23.0 Å². The minimum absolute atomic E-state index is 0.130. The molecule has 28 heavy (non-hydrogen) atoms. The molecule has 0 unspecified atom stereocenters. The average Bonchev–Trinajstić information content (AvgIpc) is 3.44. The molecule has 1 saturated carbocycles. The van der Waals surface area contributed by atoms with Gasteiger partial charge in [-0.3, -0.25) is 0 Å². The molecule has 1 aliphatic heterocycles. The lowest BCUT2D eigenvalue weighted by molar-refractivity contribution is 0.149. The highest BCUT2D eigenvalue weighted by atomic mass is 16.5. The van der Waals surface area contributed by atoms with Crippen LogP contribution in [0.5, 0.6) is 5.75 Å². The van der Waals surface area contributed by atoms with Gasteiger partial charge in [0.15, 0.2) is 0 Å². The maximum absolute atomic E-state index is 6.14. The summed E-state index contributed by atoms with van der Waals surface area (Å²) in [5.41, 5.74) is 5.55. The number of nitrogens with zero attached hydrogens (tertiary/aromatic N) is 3. The van der Waals surface area contributed by atoms with E-state index in [0.717, 1.165) is 35.4 Å². The Morgan fingerprint density at radius 2 is 2.04 bits per heavy atom. The van der Waals surface area contributed by atoms with Crippen LogP contribution in [-0.4, -0.2) is 21.1 Å². The van der Waals surface area contributed by atoms with Crippen LogP contribution in [0, 0.1) is 24.7 Å². The summed E-state index contributed by atoms with van der Waals surface area (Å²) in [5.74, 6) is 8.22. The molecule has 0 spiro atoms. The van der Waals surface area contributed by atoms with Crippen LogP contribution in [0.1, 0.15) is 36.0 Å². The molecule has 0 N–H and O–H groups in total. The van der Waals surface area contributed by atoms with Crippen molar-refractivity contribution in [3.05, 3.63) is 65.4 Å². The molecule has 2 aliphatic rings. The van der Waals surface area contributed by atoms with E-state index in [9.17, 15) is 0 Å². The number of para-hydroxylation sites is 1. The van der Waals surface area contributed by atoms with Crippen molar-refractivity contribution in [1.82, 2.24) is 15.0 Å². The van der Waals surface area contributed by atoms with Crippen LogP contribution in [0.25, 0.3) is 11.3 Å². The Balaban J connectivity index is 1.29. The number of ether oxygens (including phenoxy) is 1. The molecule has 1 atom stereocenters. The first kappa shape index (κ1) is 17.1. The minimum Gasteiger partial charge on any atom is -0.488 e. The number of rotatable bonds is 3. The third kappa shape index (κ3) is 3.66. The van der Waals surface area contributed by atoms with Gasteiger partial charge in [0.1, 0.15) is 17.5 Å². The van der Waals surface area contributed by atoms with Crippen molar-refractivity contribution < 1.29 is 4.74 Å². The van der Waals surface area contributed by atoms with Gasteiger partial charge in [0.2, 0.25) is 0 Å². The van der Waals surface area contributed by atoms with Crippen LogP contribution >= 0.6 is 0 Å². The van der Waals surface area contributed by atoms with Crippen LogP contribution in [-0.2, 0) is 13.0 Å². The number of aryl methyl sites for hydroxylation is 2. The summed E-state index contributed by atoms with van der Waals surface area (Å²) >= 11 is 0. The van der Waals surface area contributed by atoms with Gasteiger partial charge in [-0.25, -0.2) is 4.68 Å². The third-order valence-electron chi connectivity index (χ3n) is 5.43. The molecule has 0 bridgehead atoms. The monoisotopic (exact) mass is 369 g/mol. The second-order valence-electron chi connectivity index (χ2n) is 7.79. The van der Waals surface area contributed by atoms with Gasteiger partial charge in [0, 0.05) is 17.0 Å². The Morgan fingerprint density at radius 3 is 2.89 bits per heavy atom. The van der Waals surface area contributed by atoms with E-state index in [2.05, 4.69) is 59.4 Å². The molecular formula is C24H23N3O. The molecule has 0 radical (unpaired) electrons. The predicted octanol–water partition coefficient (Wildman–Crippen LogP) is 4.41. The highest BCUT2D eigenvalue weighted by molar-refractivity contribution is 5.64. The van der Waals surface area contributed by atoms with E-state index in [0.29, 0.717) is 12.5 Å². The lowest BCUT2D eigenvalue weighted by atomic mass is 10.0. The predicted molar refractivity (Wildman–Crippen MR) is 109 cm³/mol. The minimum atomic E-state index is 0.130. The molecule has 0 amide bonds. The van der Waals surface area contributed by atoms with Crippen molar-refractivity contribution in [3.63, 3.8) is 0 Å². The molecule has 5 rings (SSSR count). The van der Waals surface area contributed by atoms with E-state index in [4.69, 9.17) is 4.74 Å². The molecule has 4 heteroatoms. The van der Waals surface area contributed by atoms with Crippen LogP contribution in [0.15, 0.2) is 48.7 Å². The third-order valence-corrected chi connectivity index (χ3v) is 5.43. The van der Waals surface area contributed by atoms with Crippen molar-refractivity contribution in [2.75, 3.05) is 0 Å². The van der Waals surface area contributed by atoms with Crippen molar-refractivity contribution in [2.45, 2.75) is 45.3 Å².